The van der Waals surface area contributed by atoms with E-state index in [0.717, 1.165) is 0 Å². The van der Waals surface area contributed by atoms with E-state index in [4.69, 9.17) is 0 Å². The number of fused-ring (bicyclic) bond motifs is 2. The molecule has 0 aromatic heterocycles. The molecular weight excluding hydrogens is 468 g/mol. The standard InChI is InChI=1S/C22H28N10O4/c1-21(2,3)17(35)31-19-27-13-11(15(33)29-19)23-7-9(25-13)10-8-24-12-14(26-10)28-20(30-16(12)34)32-18(36)22(4,5)6/h7-8,11-14H,1-6H3,(H2,27,29,31,33,35)(H2,28,30,32,34,36). The Morgan fingerprint density at radius 3 is 1.39 bits per heavy atom. The van der Waals surface area contributed by atoms with E-state index in [-0.39, 0.29) is 23.7 Å². The van der Waals surface area contributed by atoms with Crippen molar-refractivity contribution in [3.63, 3.8) is 0 Å². The largest absolute Gasteiger partial charge is 0.296 e. The first-order valence-electron chi connectivity index (χ1n) is 11.3. The molecule has 0 fully saturated rings. The molecule has 4 rings (SSSR count). The maximum atomic E-state index is 12.5. The summed E-state index contributed by atoms with van der Waals surface area (Å²) < 4.78 is 0. The molecule has 0 bridgehead atoms. The minimum absolute atomic E-state index is 0.00604. The van der Waals surface area contributed by atoms with Gasteiger partial charge in [-0.1, -0.05) is 41.5 Å². The number of amides is 4. The smallest absolute Gasteiger partial charge is 0.255 e. The highest BCUT2D eigenvalue weighted by atomic mass is 16.2. The molecule has 190 valence electrons. The van der Waals surface area contributed by atoms with Crippen LogP contribution in [0.3, 0.4) is 0 Å². The quantitative estimate of drug-likeness (QED) is 0.352. The van der Waals surface area contributed by atoms with Crippen molar-refractivity contribution in [2.24, 2.45) is 40.8 Å². The molecule has 4 aliphatic heterocycles. The van der Waals surface area contributed by atoms with Crippen LogP contribution in [0.5, 0.6) is 0 Å². The van der Waals surface area contributed by atoms with E-state index in [1.54, 1.807) is 41.5 Å². The Balaban J connectivity index is 1.57. The highest BCUT2D eigenvalue weighted by Crippen LogP contribution is 2.19. The third kappa shape index (κ3) is 5.11. The number of nitrogens with zero attached hydrogens (tertiary/aromatic N) is 6. The van der Waals surface area contributed by atoms with Crippen LogP contribution in [0.2, 0.25) is 0 Å². The van der Waals surface area contributed by atoms with Crippen molar-refractivity contribution >= 4 is 59.4 Å². The van der Waals surface area contributed by atoms with Crippen LogP contribution < -0.4 is 21.3 Å². The molecule has 36 heavy (non-hydrogen) atoms. The zero-order valence-corrected chi connectivity index (χ0v) is 20.8. The Morgan fingerprint density at radius 2 is 1.06 bits per heavy atom. The summed E-state index contributed by atoms with van der Waals surface area (Å²) in [4.78, 5) is 75.7. The van der Waals surface area contributed by atoms with Gasteiger partial charge in [0, 0.05) is 23.3 Å². The van der Waals surface area contributed by atoms with E-state index in [1.807, 2.05) is 0 Å². The number of carbonyl (C=O) groups excluding carboxylic acids is 4. The van der Waals surface area contributed by atoms with Gasteiger partial charge in [0.25, 0.3) is 11.8 Å². The topological polar surface area (TPSA) is 191 Å². The Kier molecular flexibility index (Phi) is 6.14. The number of nitrogens with one attached hydrogen (secondary N) is 4. The molecule has 4 unspecified atom stereocenters. The Bertz CT molecular complexity index is 1120. The third-order valence-electron chi connectivity index (χ3n) is 5.45. The van der Waals surface area contributed by atoms with Crippen LogP contribution in [0.15, 0.2) is 30.0 Å². The summed E-state index contributed by atoms with van der Waals surface area (Å²) >= 11 is 0. The molecule has 0 aromatic carbocycles. The fraction of sp³-hybridized carbons (Fsp3) is 0.545. The molecule has 14 nitrogen and oxygen atoms in total. The molecule has 4 aliphatic rings. The predicted octanol–water partition coefficient (Wildman–Crippen LogP) is -1.28. The lowest BCUT2D eigenvalue weighted by molar-refractivity contribution is -0.128. The highest BCUT2D eigenvalue weighted by molar-refractivity contribution is 6.76. The number of guanidine groups is 2. The minimum Gasteiger partial charge on any atom is -0.296 e. The van der Waals surface area contributed by atoms with Crippen molar-refractivity contribution in [2.75, 3.05) is 0 Å². The van der Waals surface area contributed by atoms with Gasteiger partial charge in [-0.3, -0.25) is 60.4 Å². The number of rotatable bonds is 1. The first-order chi connectivity index (χ1) is 16.7. The molecule has 4 atom stereocenters. The zero-order chi connectivity index (χ0) is 26.4. The van der Waals surface area contributed by atoms with E-state index in [2.05, 4.69) is 51.2 Å². The van der Waals surface area contributed by atoms with Crippen molar-refractivity contribution in [1.29, 1.82) is 0 Å². The summed E-state index contributed by atoms with van der Waals surface area (Å²) in [6.07, 6.45) is 0.940. The molecule has 4 heterocycles. The minimum atomic E-state index is -0.914. The highest BCUT2D eigenvalue weighted by Gasteiger charge is 2.39. The molecule has 0 aliphatic carbocycles. The maximum absolute atomic E-state index is 12.5. The summed E-state index contributed by atoms with van der Waals surface area (Å²) in [5.74, 6) is -1.56. The van der Waals surface area contributed by atoms with E-state index < -0.39 is 47.1 Å². The molecule has 14 heteroatoms. The third-order valence-corrected chi connectivity index (χ3v) is 5.45. The van der Waals surface area contributed by atoms with Gasteiger partial charge in [-0.05, 0) is 0 Å². The van der Waals surface area contributed by atoms with Gasteiger partial charge in [0.2, 0.25) is 23.7 Å². The van der Waals surface area contributed by atoms with E-state index in [9.17, 15) is 19.2 Å². The van der Waals surface area contributed by atoms with Gasteiger partial charge in [-0.15, -0.1) is 0 Å². The van der Waals surface area contributed by atoms with Crippen LogP contribution in [0.4, 0.5) is 0 Å². The van der Waals surface area contributed by atoms with Gasteiger partial charge in [0.1, 0.15) is 11.4 Å². The molecule has 0 saturated carbocycles. The van der Waals surface area contributed by atoms with Gasteiger partial charge in [0.15, 0.2) is 24.4 Å². The predicted molar refractivity (Wildman–Crippen MR) is 133 cm³/mol. The Labute approximate surface area is 207 Å². The first kappa shape index (κ1) is 25.0. The van der Waals surface area contributed by atoms with Crippen molar-refractivity contribution in [3.8, 4) is 0 Å². The fourth-order valence-corrected chi connectivity index (χ4v) is 3.25. The van der Waals surface area contributed by atoms with Crippen LogP contribution >= 0.6 is 0 Å². The lowest BCUT2D eigenvalue weighted by atomic mass is 9.96. The molecule has 0 saturated heterocycles. The maximum Gasteiger partial charge on any atom is 0.255 e. The average molecular weight is 497 g/mol. The number of hydrogen-bond donors (Lipinski definition) is 4. The van der Waals surface area contributed by atoms with Gasteiger partial charge in [-0.2, -0.15) is 0 Å². The second kappa shape index (κ2) is 8.84. The summed E-state index contributed by atoms with van der Waals surface area (Å²) in [6, 6.07) is -1.79. The molecule has 0 radical (unpaired) electrons. The van der Waals surface area contributed by atoms with E-state index >= 15 is 0 Å². The second-order valence-corrected chi connectivity index (χ2v) is 10.6. The van der Waals surface area contributed by atoms with Crippen LogP contribution in [-0.4, -0.2) is 83.8 Å². The first-order valence-corrected chi connectivity index (χ1v) is 11.3. The van der Waals surface area contributed by atoms with Crippen molar-refractivity contribution in [2.45, 2.75) is 66.0 Å². The zero-order valence-electron chi connectivity index (χ0n) is 20.8. The second-order valence-electron chi connectivity index (χ2n) is 10.6. The summed E-state index contributed by atoms with van der Waals surface area (Å²) in [5, 5.41) is 10.2. The van der Waals surface area contributed by atoms with Gasteiger partial charge < -0.3 is 0 Å². The Morgan fingerprint density at radius 1 is 0.694 bits per heavy atom. The molecule has 4 N–H and O–H groups in total. The van der Waals surface area contributed by atoms with E-state index in [0.29, 0.717) is 11.4 Å². The number of aliphatic imine (C=N–C) groups is 6. The normalized spacial score (nSPS) is 27.3. The van der Waals surface area contributed by atoms with Crippen LogP contribution in [0.25, 0.3) is 0 Å². The van der Waals surface area contributed by atoms with Crippen LogP contribution in [0.1, 0.15) is 41.5 Å². The molecule has 0 aromatic rings. The number of carbonyl (C=O) groups is 4. The summed E-state index contributed by atoms with van der Waals surface area (Å²) in [7, 11) is 0. The van der Waals surface area contributed by atoms with Crippen LogP contribution in [0, 0.1) is 10.8 Å². The lowest BCUT2D eigenvalue weighted by Crippen LogP contribution is -2.57. The SMILES string of the molecule is CC(C)(C)C(=O)NC1=NC2N=C(C3=NC4N=C(NC(=O)C(C)(C)C)NC(=O)C4N=C3)C=NC2C(=O)N1. The van der Waals surface area contributed by atoms with Crippen molar-refractivity contribution in [3.05, 3.63) is 0 Å². The van der Waals surface area contributed by atoms with Crippen molar-refractivity contribution < 1.29 is 19.2 Å². The molecule has 4 amide bonds. The van der Waals surface area contributed by atoms with Crippen molar-refractivity contribution in [1.82, 2.24) is 21.3 Å². The average Bonchev–Trinajstić information content (AvgIpc) is 2.77. The summed E-state index contributed by atoms with van der Waals surface area (Å²) in [5.41, 5.74) is -0.796. The van der Waals surface area contributed by atoms with Gasteiger partial charge in [0.05, 0.1) is 0 Å². The van der Waals surface area contributed by atoms with Crippen LogP contribution in [-0.2, 0) is 19.2 Å². The van der Waals surface area contributed by atoms with E-state index in [1.165, 1.54) is 12.4 Å². The van der Waals surface area contributed by atoms with Gasteiger partial charge in [-0.25, -0.2) is 9.98 Å². The monoisotopic (exact) mass is 496 g/mol. The molecular formula is C22H28N10O4. The lowest BCUT2D eigenvalue weighted by Gasteiger charge is -2.29. The fourth-order valence-electron chi connectivity index (χ4n) is 3.25. The van der Waals surface area contributed by atoms with Gasteiger partial charge >= 0.3 is 0 Å². The number of hydrogen-bond acceptors (Lipinski definition) is 10. The molecule has 0 spiro atoms. The Hall–Kier alpha value is -4.10. The summed E-state index contributed by atoms with van der Waals surface area (Å²) in [6.45, 7) is 10.4.